The van der Waals surface area contributed by atoms with Crippen LogP contribution in [-0.2, 0) is 8.23 Å². The van der Waals surface area contributed by atoms with Gasteiger partial charge in [0.2, 0.25) is 0 Å². The van der Waals surface area contributed by atoms with Crippen LogP contribution in [-0.4, -0.2) is 27.4 Å². The third kappa shape index (κ3) is 6.99. The first-order valence-corrected chi connectivity index (χ1v) is 10.2. The van der Waals surface area contributed by atoms with Crippen LogP contribution in [0.25, 0.3) is 0 Å². The second-order valence-electron chi connectivity index (χ2n) is 2.84. The summed E-state index contributed by atoms with van der Waals surface area (Å²) in [6.07, 6.45) is 2.02. The molecule has 0 unspecified atom stereocenters. The Morgan fingerprint density at radius 2 is 1.33 bits per heavy atom. The van der Waals surface area contributed by atoms with E-state index in [1.54, 1.807) is 0 Å². The minimum absolute atomic E-state index is 0.615. The van der Waals surface area contributed by atoms with Crippen LogP contribution in [0.5, 0.6) is 0 Å². The van der Waals surface area contributed by atoms with E-state index < -0.39 is 27.4 Å². The molecule has 0 aliphatic carbocycles. The fourth-order valence-electron chi connectivity index (χ4n) is 0.627. The lowest BCUT2D eigenvalue weighted by Crippen LogP contribution is -2.31. The van der Waals surface area contributed by atoms with Crippen molar-refractivity contribution in [1.29, 1.82) is 0 Å². The standard InChI is InChI=1S/C7H17O2Si3/c1-6-7-12(8-10(2)3)9-11(4)5/h6-7H,1-5H3. The van der Waals surface area contributed by atoms with Gasteiger partial charge in [-0.15, -0.1) is 0 Å². The zero-order chi connectivity index (χ0) is 9.56. The molecule has 0 aromatic heterocycles. The maximum atomic E-state index is 5.72. The third-order valence-electron chi connectivity index (χ3n) is 0.912. The summed E-state index contributed by atoms with van der Waals surface area (Å²) in [7, 11) is -2.31. The fraction of sp³-hybridized carbons (Fsp3) is 0.714. The van der Waals surface area contributed by atoms with Crippen molar-refractivity contribution < 1.29 is 8.23 Å². The molecule has 0 saturated carbocycles. The van der Waals surface area contributed by atoms with Gasteiger partial charge in [-0.2, -0.15) is 0 Å². The topological polar surface area (TPSA) is 18.5 Å². The lowest BCUT2D eigenvalue weighted by molar-refractivity contribution is 0.456. The molecular formula is C7H17O2Si3. The quantitative estimate of drug-likeness (QED) is 0.657. The molecule has 0 amide bonds. The predicted molar refractivity (Wildman–Crippen MR) is 57.7 cm³/mol. The Morgan fingerprint density at radius 1 is 0.917 bits per heavy atom. The summed E-state index contributed by atoms with van der Waals surface area (Å²) in [6.45, 7) is 10.6. The summed E-state index contributed by atoms with van der Waals surface area (Å²) in [4.78, 5) is 0. The van der Waals surface area contributed by atoms with Gasteiger partial charge in [0.15, 0.2) is 18.1 Å². The average molecular weight is 217 g/mol. The Hall–Kier alpha value is 0.311. The maximum Gasteiger partial charge on any atom is 0.393 e. The molecule has 0 aromatic carbocycles. The third-order valence-corrected chi connectivity index (χ3v) is 6.39. The average Bonchev–Trinajstić information content (AvgIpc) is 1.84. The molecule has 0 saturated heterocycles. The van der Waals surface area contributed by atoms with Crippen LogP contribution in [0.15, 0.2) is 11.8 Å². The molecule has 3 radical (unpaired) electrons. The van der Waals surface area contributed by atoms with Crippen LogP contribution in [0.1, 0.15) is 6.92 Å². The van der Waals surface area contributed by atoms with Crippen LogP contribution in [0, 0.1) is 0 Å². The van der Waals surface area contributed by atoms with Crippen LogP contribution >= 0.6 is 0 Å². The highest BCUT2D eigenvalue weighted by Gasteiger charge is 2.15. The molecule has 0 N–H and O–H groups in total. The van der Waals surface area contributed by atoms with E-state index >= 15 is 0 Å². The van der Waals surface area contributed by atoms with Crippen LogP contribution in [0.2, 0.25) is 26.2 Å². The first kappa shape index (κ1) is 12.3. The van der Waals surface area contributed by atoms with E-state index in [0.717, 1.165) is 0 Å². The summed E-state index contributed by atoms with van der Waals surface area (Å²) in [5, 5.41) is 0. The van der Waals surface area contributed by atoms with E-state index in [9.17, 15) is 0 Å². The molecule has 0 bridgehead atoms. The number of rotatable bonds is 5. The smallest absolute Gasteiger partial charge is 0.393 e. The molecule has 0 rings (SSSR count). The van der Waals surface area contributed by atoms with E-state index in [-0.39, 0.29) is 0 Å². The minimum Gasteiger partial charge on any atom is -0.432 e. The van der Waals surface area contributed by atoms with E-state index in [1.165, 1.54) is 0 Å². The molecule has 12 heavy (non-hydrogen) atoms. The highest BCUT2D eigenvalue weighted by molar-refractivity contribution is 6.69. The van der Waals surface area contributed by atoms with Crippen LogP contribution in [0.3, 0.4) is 0 Å². The van der Waals surface area contributed by atoms with Gasteiger partial charge in [0.05, 0.1) is 0 Å². The normalized spacial score (nSPS) is 12.7. The van der Waals surface area contributed by atoms with Gasteiger partial charge in [-0.25, -0.2) is 0 Å². The van der Waals surface area contributed by atoms with Crippen molar-refractivity contribution in [2.24, 2.45) is 0 Å². The van der Waals surface area contributed by atoms with E-state index in [4.69, 9.17) is 8.23 Å². The maximum absolute atomic E-state index is 5.72. The summed E-state index contributed by atoms with van der Waals surface area (Å²) in [5.41, 5.74) is 2.07. The first-order valence-electron chi connectivity index (χ1n) is 4.02. The molecule has 0 heterocycles. The molecular weight excluding hydrogens is 200 g/mol. The lowest BCUT2D eigenvalue weighted by atomic mass is 10.8. The Labute approximate surface area is 80.9 Å². The zero-order valence-corrected chi connectivity index (χ0v) is 11.5. The molecule has 0 atom stereocenters. The van der Waals surface area contributed by atoms with Gasteiger partial charge in [-0.1, -0.05) is 6.08 Å². The van der Waals surface area contributed by atoms with Gasteiger partial charge in [-0.05, 0) is 38.8 Å². The summed E-state index contributed by atoms with van der Waals surface area (Å²) in [6, 6.07) is 0. The largest absolute Gasteiger partial charge is 0.432 e. The second-order valence-corrected chi connectivity index (χ2v) is 9.08. The van der Waals surface area contributed by atoms with Crippen molar-refractivity contribution in [3.05, 3.63) is 11.8 Å². The van der Waals surface area contributed by atoms with Crippen molar-refractivity contribution in [3.63, 3.8) is 0 Å². The van der Waals surface area contributed by atoms with Crippen LogP contribution < -0.4 is 0 Å². The number of hydrogen-bond acceptors (Lipinski definition) is 2. The van der Waals surface area contributed by atoms with Crippen molar-refractivity contribution in [2.45, 2.75) is 33.1 Å². The molecule has 0 aliphatic heterocycles. The molecule has 5 heteroatoms. The predicted octanol–water partition coefficient (Wildman–Crippen LogP) is 2.13. The Balaban J connectivity index is 3.86. The van der Waals surface area contributed by atoms with Gasteiger partial charge in [0.1, 0.15) is 0 Å². The number of hydrogen-bond donors (Lipinski definition) is 0. The fourth-order valence-corrected chi connectivity index (χ4v) is 5.20. The monoisotopic (exact) mass is 217 g/mol. The highest BCUT2D eigenvalue weighted by Crippen LogP contribution is 1.98. The second kappa shape index (κ2) is 6.79. The molecule has 2 nitrogen and oxygen atoms in total. The van der Waals surface area contributed by atoms with Crippen LogP contribution in [0.4, 0.5) is 0 Å². The van der Waals surface area contributed by atoms with E-state index in [1.807, 2.05) is 13.0 Å². The summed E-state index contributed by atoms with van der Waals surface area (Å²) >= 11 is 0. The van der Waals surface area contributed by atoms with Crippen molar-refractivity contribution in [2.75, 3.05) is 0 Å². The van der Waals surface area contributed by atoms with E-state index in [0.29, 0.717) is 0 Å². The molecule has 0 spiro atoms. The van der Waals surface area contributed by atoms with Crippen molar-refractivity contribution in [1.82, 2.24) is 0 Å². The van der Waals surface area contributed by atoms with Crippen molar-refractivity contribution >= 4 is 27.4 Å². The molecule has 0 fully saturated rings. The number of allylic oxidation sites excluding steroid dienone is 1. The molecule has 0 aromatic rings. The van der Waals surface area contributed by atoms with Gasteiger partial charge in [0.25, 0.3) is 0 Å². The van der Waals surface area contributed by atoms with E-state index in [2.05, 4.69) is 31.9 Å². The summed E-state index contributed by atoms with van der Waals surface area (Å²) < 4.78 is 11.4. The van der Waals surface area contributed by atoms with Gasteiger partial charge >= 0.3 is 9.28 Å². The highest BCUT2D eigenvalue weighted by atomic mass is 28.4. The zero-order valence-electron chi connectivity index (χ0n) is 8.47. The lowest BCUT2D eigenvalue weighted by Gasteiger charge is -2.15. The van der Waals surface area contributed by atoms with Gasteiger partial charge in [0, 0.05) is 0 Å². The van der Waals surface area contributed by atoms with Crippen molar-refractivity contribution in [3.8, 4) is 0 Å². The minimum atomic E-state index is -1.08. The van der Waals surface area contributed by atoms with Gasteiger partial charge in [-0.3, -0.25) is 0 Å². The first-order chi connectivity index (χ1) is 5.56. The molecule has 69 valence electrons. The molecule has 0 aliphatic rings. The summed E-state index contributed by atoms with van der Waals surface area (Å²) in [5.74, 6) is 0. The Kier molecular flexibility index (Phi) is 6.96. The van der Waals surface area contributed by atoms with Gasteiger partial charge < -0.3 is 8.23 Å². The SMILES string of the molecule is CC=C[Si](O[Si](C)C)O[Si](C)C. The Bertz CT molecular complexity index is 127. The Morgan fingerprint density at radius 3 is 1.58 bits per heavy atom.